The molecule has 0 aliphatic rings. The van der Waals surface area contributed by atoms with Crippen LogP contribution in [0.4, 0.5) is 9.52 Å². The van der Waals surface area contributed by atoms with Gasteiger partial charge in [-0.1, -0.05) is 11.3 Å². The van der Waals surface area contributed by atoms with Gasteiger partial charge in [0.05, 0.1) is 35.7 Å². The minimum atomic E-state index is -0.502. The quantitative estimate of drug-likeness (QED) is 0.205. The Kier molecular flexibility index (Phi) is 6.93. The Hall–Kier alpha value is -4.11. The number of methoxy groups -OCH3 is 1. The van der Waals surface area contributed by atoms with Crippen LogP contribution in [-0.4, -0.2) is 36.8 Å². The maximum atomic E-state index is 13.7. The maximum absolute atomic E-state index is 13.7. The molecule has 0 saturated carbocycles. The van der Waals surface area contributed by atoms with E-state index in [9.17, 15) is 14.0 Å². The molecule has 0 fully saturated rings. The molecule has 0 saturated heterocycles. The Balaban J connectivity index is 1.69. The summed E-state index contributed by atoms with van der Waals surface area (Å²) < 4.78 is 24.4. The number of anilines is 1. The number of esters is 1. The monoisotopic (exact) mass is 477 g/mol. The van der Waals surface area contributed by atoms with Crippen molar-refractivity contribution in [1.82, 2.24) is 4.98 Å². The lowest BCUT2D eigenvalue weighted by molar-refractivity contribution is 0.0600. The Labute approximate surface area is 199 Å². The van der Waals surface area contributed by atoms with E-state index in [2.05, 4.69) is 10.1 Å². The first-order valence-corrected chi connectivity index (χ1v) is 11.2. The summed E-state index contributed by atoms with van der Waals surface area (Å²) in [6.45, 7) is 2.46. The van der Waals surface area contributed by atoms with Gasteiger partial charge in [0.25, 0.3) is 5.91 Å². The van der Waals surface area contributed by atoms with Gasteiger partial charge in [0.1, 0.15) is 11.6 Å². The molecule has 3 aromatic carbocycles. The predicted octanol–water partition coefficient (Wildman–Crippen LogP) is 5.30. The number of hydrogen-bond acceptors (Lipinski definition) is 7. The molecule has 0 N–H and O–H groups in total. The molecule has 0 atom stereocenters. The summed E-state index contributed by atoms with van der Waals surface area (Å²) in [6, 6.07) is 17.5. The topological polar surface area (TPSA) is 81.1 Å². The van der Waals surface area contributed by atoms with Crippen LogP contribution in [0.25, 0.3) is 10.2 Å². The van der Waals surface area contributed by atoms with Crippen molar-refractivity contribution in [2.45, 2.75) is 6.92 Å². The van der Waals surface area contributed by atoms with Crippen molar-refractivity contribution in [2.24, 2.45) is 5.10 Å². The second-order valence-electron chi connectivity index (χ2n) is 7.04. The zero-order valence-electron chi connectivity index (χ0n) is 18.4. The second kappa shape index (κ2) is 10.2. The van der Waals surface area contributed by atoms with Crippen molar-refractivity contribution < 1.29 is 23.5 Å². The zero-order valence-corrected chi connectivity index (χ0v) is 19.2. The van der Waals surface area contributed by atoms with E-state index in [1.807, 2.05) is 31.2 Å². The van der Waals surface area contributed by atoms with Crippen LogP contribution in [0.5, 0.6) is 5.75 Å². The van der Waals surface area contributed by atoms with Crippen LogP contribution in [0.2, 0.25) is 0 Å². The average Bonchev–Trinajstić information content (AvgIpc) is 3.27. The number of carbonyl (C=O) groups excluding carboxylic acids is 2. The van der Waals surface area contributed by atoms with Crippen molar-refractivity contribution >= 4 is 44.8 Å². The van der Waals surface area contributed by atoms with Crippen molar-refractivity contribution in [2.75, 3.05) is 18.7 Å². The molecular weight excluding hydrogens is 457 g/mol. The maximum Gasteiger partial charge on any atom is 0.337 e. The first-order valence-electron chi connectivity index (χ1n) is 10.3. The van der Waals surface area contributed by atoms with E-state index in [0.717, 1.165) is 27.7 Å². The van der Waals surface area contributed by atoms with Gasteiger partial charge in [0.15, 0.2) is 0 Å². The SMILES string of the molecule is CCOc1ccc(/C=N/N(C(=O)c2ccc(C(=O)OC)cc2)c2nc3ccc(F)cc3s2)cc1. The number of fused-ring (bicyclic) bond motifs is 1. The summed E-state index contributed by atoms with van der Waals surface area (Å²) in [6.07, 6.45) is 1.53. The number of hydrogen-bond donors (Lipinski definition) is 0. The molecule has 9 heteroatoms. The molecule has 1 aromatic heterocycles. The fourth-order valence-corrected chi connectivity index (χ4v) is 4.04. The Morgan fingerprint density at radius 3 is 2.44 bits per heavy atom. The third-order valence-corrected chi connectivity index (χ3v) is 5.77. The standard InChI is InChI=1S/C25H20FN3O4S/c1-3-33-20-11-4-16(5-12-20)15-27-29(25-28-21-13-10-19(26)14-22(21)34-25)23(30)17-6-8-18(9-7-17)24(31)32-2/h4-15H,3H2,1-2H3/b27-15+. The van der Waals surface area contributed by atoms with E-state index in [4.69, 9.17) is 9.47 Å². The smallest absolute Gasteiger partial charge is 0.337 e. The van der Waals surface area contributed by atoms with Crippen LogP contribution in [0.3, 0.4) is 0 Å². The van der Waals surface area contributed by atoms with Gasteiger partial charge in [-0.2, -0.15) is 10.1 Å². The summed E-state index contributed by atoms with van der Waals surface area (Å²) in [7, 11) is 1.29. The summed E-state index contributed by atoms with van der Waals surface area (Å²) in [5.74, 6) is -0.626. The number of rotatable bonds is 7. The average molecular weight is 478 g/mol. The number of nitrogens with zero attached hydrogens (tertiary/aromatic N) is 3. The minimum Gasteiger partial charge on any atom is -0.494 e. The predicted molar refractivity (Wildman–Crippen MR) is 129 cm³/mol. The molecule has 0 bridgehead atoms. The molecule has 4 aromatic rings. The van der Waals surface area contributed by atoms with Gasteiger partial charge in [-0.15, -0.1) is 0 Å². The molecule has 7 nitrogen and oxygen atoms in total. The largest absolute Gasteiger partial charge is 0.494 e. The molecular formula is C25H20FN3O4S. The highest BCUT2D eigenvalue weighted by Crippen LogP contribution is 2.30. The molecule has 1 heterocycles. The van der Waals surface area contributed by atoms with Crippen LogP contribution in [0, 0.1) is 5.82 Å². The van der Waals surface area contributed by atoms with E-state index in [-0.39, 0.29) is 5.13 Å². The van der Waals surface area contributed by atoms with Gasteiger partial charge in [0.2, 0.25) is 5.13 Å². The fourth-order valence-electron chi connectivity index (χ4n) is 3.10. The highest BCUT2D eigenvalue weighted by Gasteiger charge is 2.21. The van der Waals surface area contributed by atoms with Crippen molar-refractivity contribution in [3.63, 3.8) is 0 Å². The number of carbonyl (C=O) groups is 2. The van der Waals surface area contributed by atoms with Gasteiger partial charge in [-0.3, -0.25) is 4.79 Å². The highest BCUT2D eigenvalue weighted by molar-refractivity contribution is 7.22. The van der Waals surface area contributed by atoms with Crippen LogP contribution in [0.15, 0.2) is 71.8 Å². The number of ether oxygens (including phenoxy) is 2. The van der Waals surface area contributed by atoms with Crippen molar-refractivity contribution in [1.29, 1.82) is 0 Å². The molecule has 0 unspecified atom stereocenters. The third-order valence-electron chi connectivity index (χ3n) is 4.78. The van der Waals surface area contributed by atoms with Crippen LogP contribution >= 0.6 is 11.3 Å². The molecule has 4 rings (SSSR count). The Morgan fingerprint density at radius 2 is 1.76 bits per heavy atom. The normalized spacial score (nSPS) is 11.0. The molecule has 172 valence electrons. The lowest BCUT2D eigenvalue weighted by Crippen LogP contribution is -2.25. The van der Waals surface area contributed by atoms with Gasteiger partial charge >= 0.3 is 5.97 Å². The van der Waals surface area contributed by atoms with Gasteiger partial charge in [-0.25, -0.2) is 14.2 Å². The Bertz CT molecular complexity index is 1350. The number of thiazole rings is 1. The van der Waals surface area contributed by atoms with Gasteiger partial charge in [-0.05, 0) is 79.2 Å². The van der Waals surface area contributed by atoms with Crippen LogP contribution in [-0.2, 0) is 4.74 Å². The van der Waals surface area contributed by atoms with E-state index in [0.29, 0.717) is 28.0 Å². The van der Waals surface area contributed by atoms with Crippen LogP contribution < -0.4 is 9.75 Å². The number of amides is 1. The second-order valence-corrected chi connectivity index (χ2v) is 8.05. The molecule has 34 heavy (non-hydrogen) atoms. The molecule has 1 amide bonds. The van der Waals surface area contributed by atoms with Crippen molar-refractivity contribution in [3.05, 3.63) is 89.2 Å². The zero-order chi connectivity index (χ0) is 24.1. The first kappa shape index (κ1) is 23.1. The lowest BCUT2D eigenvalue weighted by Gasteiger charge is -2.14. The highest BCUT2D eigenvalue weighted by atomic mass is 32.1. The van der Waals surface area contributed by atoms with E-state index >= 15 is 0 Å². The molecule has 0 spiro atoms. The summed E-state index contributed by atoms with van der Waals surface area (Å²) in [5.41, 5.74) is 1.91. The van der Waals surface area contributed by atoms with Crippen LogP contribution in [0.1, 0.15) is 33.2 Å². The van der Waals surface area contributed by atoms with E-state index < -0.39 is 17.7 Å². The fraction of sp³-hybridized carbons (Fsp3) is 0.120. The number of halogens is 1. The summed E-state index contributed by atoms with van der Waals surface area (Å²) in [5, 5.41) is 5.83. The molecule has 0 aliphatic heterocycles. The van der Waals surface area contributed by atoms with E-state index in [1.165, 1.54) is 49.7 Å². The third kappa shape index (κ3) is 5.10. The summed E-state index contributed by atoms with van der Waals surface area (Å²) in [4.78, 5) is 29.5. The molecule has 0 aliphatic carbocycles. The molecule has 0 radical (unpaired) electrons. The Morgan fingerprint density at radius 1 is 1.06 bits per heavy atom. The van der Waals surface area contributed by atoms with Gasteiger partial charge < -0.3 is 9.47 Å². The number of aromatic nitrogens is 1. The minimum absolute atomic E-state index is 0.282. The number of benzene rings is 3. The van der Waals surface area contributed by atoms with E-state index in [1.54, 1.807) is 6.07 Å². The van der Waals surface area contributed by atoms with Crippen molar-refractivity contribution in [3.8, 4) is 5.75 Å². The first-order chi connectivity index (χ1) is 16.5. The lowest BCUT2D eigenvalue weighted by atomic mass is 10.1. The van der Waals surface area contributed by atoms with Gasteiger partial charge in [0, 0.05) is 5.56 Å². The summed E-state index contributed by atoms with van der Waals surface area (Å²) >= 11 is 1.14. The number of hydrazone groups is 1.